The summed E-state index contributed by atoms with van der Waals surface area (Å²) in [6, 6.07) is 8.42. The lowest BCUT2D eigenvalue weighted by molar-refractivity contribution is 0.185. The van der Waals surface area contributed by atoms with Crippen LogP contribution in [0.15, 0.2) is 37.1 Å². The zero-order valence-corrected chi connectivity index (χ0v) is 10.4. The zero-order valence-electron chi connectivity index (χ0n) is 10.4. The molecular weight excluding hydrogens is 214 g/mol. The average molecular weight is 235 g/mol. The normalized spacial score (nSPS) is 10.2. The summed E-state index contributed by atoms with van der Waals surface area (Å²) in [6.07, 6.45) is 2.47. The van der Waals surface area contributed by atoms with E-state index in [9.17, 15) is 0 Å². The number of rotatable bonds is 9. The van der Waals surface area contributed by atoms with Gasteiger partial charge in [0, 0.05) is 13.7 Å². The number of ether oxygens (including phenoxy) is 2. The van der Waals surface area contributed by atoms with Crippen molar-refractivity contribution in [1.82, 2.24) is 5.32 Å². The van der Waals surface area contributed by atoms with Crippen molar-refractivity contribution in [3.8, 4) is 0 Å². The molecule has 0 atom stereocenters. The van der Waals surface area contributed by atoms with Crippen LogP contribution in [0.5, 0.6) is 0 Å². The van der Waals surface area contributed by atoms with Gasteiger partial charge in [-0.15, -0.1) is 0 Å². The molecule has 0 amide bonds. The monoisotopic (exact) mass is 235 g/mol. The standard InChI is InChI=1S/C14H21NO2/c1-3-17-9-5-8-15-11-13-6-4-7-14(10-13)12-16-2/h3-4,6-7,10,15H,1,5,8-9,11-12H2,2H3. The SMILES string of the molecule is C=COCCCNCc1cccc(COC)c1. The number of benzene rings is 1. The van der Waals surface area contributed by atoms with Crippen molar-refractivity contribution in [3.63, 3.8) is 0 Å². The molecule has 0 radical (unpaired) electrons. The highest BCUT2D eigenvalue weighted by molar-refractivity contribution is 5.22. The van der Waals surface area contributed by atoms with Gasteiger partial charge >= 0.3 is 0 Å². The largest absolute Gasteiger partial charge is 0.502 e. The molecule has 17 heavy (non-hydrogen) atoms. The predicted octanol–water partition coefficient (Wildman–Crippen LogP) is 2.47. The van der Waals surface area contributed by atoms with E-state index in [0.717, 1.165) is 26.1 Å². The van der Waals surface area contributed by atoms with E-state index in [-0.39, 0.29) is 0 Å². The summed E-state index contributed by atoms with van der Waals surface area (Å²) < 4.78 is 10.2. The second-order valence-corrected chi connectivity index (χ2v) is 3.82. The molecule has 3 nitrogen and oxygen atoms in total. The van der Waals surface area contributed by atoms with E-state index in [1.807, 2.05) is 0 Å². The van der Waals surface area contributed by atoms with Crippen molar-refractivity contribution in [2.24, 2.45) is 0 Å². The van der Waals surface area contributed by atoms with Gasteiger partial charge in [0.2, 0.25) is 0 Å². The number of nitrogens with one attached hydrogen (secondary N) is 1. The van der Waals surface area contributed by atoms with E-state index in [1.54, 1.807) is 7.11 Å². The van der Waals surface area contributed by atoms with Crippen molar-refractivity contribution in [1.29, 1.82) is 0 Å². The van der Waals surface area contributed by atoms with Crippen molar-refractivity contribution in [3.05, 3.63) is 48.2 Å². The molecule has 0 heterocycles. The van der Waals surface area contributed by atoms with Gasteiger partial charge in [-0.2, -0.15) is 0 Å². The van der Waals surface area contributed by atoms with Crippen LogP contribution in [-0.4, -0.2) is 20.3 Å². The minimum absolute atomic E-state index is 0.668. The zero-order chi connectivity index (χ0) is 12.3. The van der Waals surface area contributed by atoms with Crippen LogP contribution in [0, 0.1) is 0 Å². The minimum atomic E-state index is 0.668. The van der Waals surface area contributed by atoms with E-state index in [4.69, 9.17) is 9.47 Å². The van der Waals surface area contributed by atoms with Crippen molar-refractivity contribution >= 4 is 0 Å². The Balaban J connectivity index is 2.21. The van der Waals surface area contributed by atoms with Crippen LogP contribution in [0.3, 0.4) is 0 Å². The third kappa shape index (κ3) is 6.09. The highest BCUT2D eigenvalue weighted by Gasteiger charge is 1.95. The molecular formula is C14H21NO2. The fraction of sp³-hybridized carbons (Fsp3) is 0.429. The Morgan fingerprint density at radius 3 is 2.94 bits per heavy atom. The Morgan fingerprint density at radius 2 is 2.18 bits per heavy atom. The third-order valence-electron chi connectivity index (χ3n) is 2.37. The molecule has 0 aromatic heterocycles. The number of hydrogen-bond donors (Lipinski definition) is 1. The van der Waals surface area contributed by atoms with Crippen molar-refractivity contribution in [2.45, 2.75) is 19.6 Å². The summed E-state index contributed by atoms with van der Waals surface area (Å²) in [7, 11) is 1.71. The molecule has 1 N–H and O–H groups in total. The molecule has 0 saturated heterocycles. The van der Waals surface area contributed by atoms with Gasteiger partial charge in [0.1, 0.15) is 0 Å². The Morgan fingerprint density at radius 1 is 1.35 bits per heavy atom. The van der Waals surface area contributed by atoms with Gasteiger partial charge in [0.15, 0.2) is 0 Å². The lowest BCUT2D eigenvalue weighted by Crippen LogP contribution is -2.16. The molecule has 0 unspecified atom stereocenters. The predicted molar refractivity (Wildman–Crippen MR) is 69.6 cm³/mol. The van der Waals surface area contributed by atoms with E-state index in [2.05, 4.69) is 36.2 Å². The lowest BCUT2D eigenvalue weighted by atomic mass is 10.1. The Hall–Kier alpha value is -1.32. The van der Waals surface area contributed by atoms with Gasteiger partial charge in [-0.05, 0) is 24.1 Å². The second kappa shape index (κ2) is 8.79. The smallest absolute Gasteiger partial charge is 0.0885 e. The van der Waals surface area contributed by atoms with Crippen LogP contribution >= 0.6 is 0 Å². The van der Waals surface area contributed by atoms with Crippen LogP contribution in [0.2, 0.25) is 0 Å². The maximum Gasteiger partial charge on any atom is 0.0885 e. The van der Waals surface area contributed by atoms with E-state index >= 15 is 0 Å². The second-order valence-electron chi connectivity index (χ2n) is 3.82. The molecule has 0 saturated carbocycles. The molecule has 1 aromatic rings. The summed E-state index contributed by atoms with van der Waals surface area (Å²) in [4.78, 5) is 0. The molecule has 1 rings (SSSR count). The maximum absolute atomic E-state index is 5.11. The van der Waals surface area contributed by atoms with Gasteiger partial charge in [-0.3, -0.25) is 0 Å². The molecule has 0 bridgehead atoms. The van der Waals surface area contributed by atoms with E-state index in [0.29, 0.717) is 6.61 Å². The topological polar surface area (TPSA) is 30.5 Å². The fourth-order valence-corrected chi connectivity index (χ4v) is 1.59. The van der Waals surface area contributed by atoms with Crippen LogP contribution < -0.4 is 5.32 Å². The first-order valence-electron chi connectivity index (χ1n) is 5.87. The fourth-order valence-electron chi connectivity index (χ4n) is 1.59. The molecule has 94 valence electrons. The van der Waals surface area contributed by atoms with E-state index < -0.39 is 0 Å². The molecule has 0 aliphatic rings. The van der Waals surface area contributed by atoms with Gasteiger partial charge in [0.25, 0.3) is 0 Å². The van der Waals surface area contributed by atoms with Gasteiger partial charge in [0.05, 0.1) is 19.5 Å². The van der Waals surface area contributed by atoms with Crippen LogP contribution in [0.1, 0.15) is 17.5 Å². The summed E-state index contributed by atoms with van der Waals surface area (Å²) >= 11 is 0. The molecule has 0 aliphatic carbocycles. The van der Waals surface area contributed by atoms with Crippen LogP contribution in [-0.2, 0) is 22.6 Å². The Labute approximate surface area is 103 Å². The summed E-state index contributed by atoms with van der Waals surface area (Å²) in [6.45, 7) is 6.72. The first-order valence-corrected chi connectivity index (χ1v) is 5.87. The summed E-state index contributed by atoms with van der Waals surface area (Å²) in [5, 5.41) is 3.37. The third-order valence-corrected chi connectivity index (χ3v) is 2.37. The van der Waals surface area contributed by atoms with Crippen molar-refractivity contribution in [2.75, 3.05) is 20.3 Å². The Kier molecular flexibility index (Phi) is 7.11. The average Bonchev–Trinajstić information content (AvgIpc) is 2.35. The van der Waals surface area contributed by atoms with Crippen LogP contribution in [0.25, 0.3) is 0 Å². The van der Waals surface area contributed by atoms with Gasteiger partial charge in [-0.1, -0.05) is 30.8 Å². The first kappa shape index (κ1) is 13.7. The van der Waals surface area contributed by atoms with Crippen LogP contribution in [0.4, 0.5) is 0 Å². The minimum Gasteiger partial charge on any atom is -0.502 e. The first-order chi connectivity index (χ1) is 8.36. The van der Waals surface area contributed by atoms with Gasteiger partial charge in [-0.25, -0.2) is 0 Å². The molecule has 0 spiro atoms. The highest BCUT2D eigenvalue weighted by atomic mass is 16.5. The summed E-state index contributed by atoms with van der Waals surface area (Å²) in [5.41, 5.74) is 2.49. The quantitative estimate of drug-likeness (QED) is 0.527. The summed E-state index contributed by atoms with van der Waals surface area (Å²) in [5.74, 6) is 0. The van der Waals surface area contributed by atoms with Crippen molar-refractivity contribution < 1.29 is 9.47 Å². The van der Waals surface area contributed by atoms with E-state index in [1.165, 1.54) is 17.4 Å². The molecule has 0 fully saturated rings. The number of hydrogen-bond acceptors (Lipinski definition) is 3. The molecule has 1 aromatic carbocycles. The van der Waals surface area contributed by atoms with Gasteiger partial charge < -0.3 is 14.8 Å². The molecule has 0 aliphatic heterocycles. The lowest BCUT2D eigenvalue weighted by Gasteiger charge is -2.06. The Bertz CT molecular complexity index is 326. The maximum atomic E-state index is 5.11. The highest BCUT2D eigenvalue weighted by Crippen LogP contribution is 2.06. The molecule has 3 heteroatoms. The number of methoxy groups -OCH3 is 1.